The first-order chi connectivity index (χ1) is 11.5. The number of carbonyl (C=O) groups is 2. The van der Waals surface area contributed by atoms with Crippen molar-refractivity contribution in [1.82, 2.24) is 5.32 Å². The van der Waals surface area contributed by atoms with Crippen molar-refractivity contribution < 1.29 is 9.59 Å². The van der Waals surface area contributed by atoms with E-state index >= 15 is 0 Å². The molecule has 0 fully saturated rings. The van der Waals surface area contributed by atoms with Gasteiger partial charge in [0.15, 0.2) is 0 Å². The van der Waals surface area contributed by atoms with Gasteiger partial charge in [-0.25, -0.2) is 0 Å². The lowest BCUT2D eigenvalue weighted by atomic mass is 10.1. The van der Waals surface area contributed by atoms with Gasteiger partial charge in [-0.15, -0.1) is 0 Å². The first kappa shape index (κ1) is 17.7. The molecule has 4 heteroatoms. The predicted octanol–water partition coefficient (Wildman–Crippen LogP) is 3.02. The monoisotopic (exact) mass is 324 g/mol. The van der Waals surface area contributed by atoms with Crippen LogP contribution in [-0.4, -0.2) is 24.9 Å². The largest absolute Gasteiger partial charge is 0.354 e. The first-order valence-electron chi connectivity index (χ1n) is 8.13. The number of hydrogen-bond donors (Lipinski definition) is 1. The Morgan fingerprint density at radius 1 is 1.04 bits per heavy atom. The highest BCUT2D eigenvalue weighted by Crippen LogP contribution is 2.21. The molecule has 0 spiro atoms. The Morgan fingerprint density at radius 2 is 1.75 bits per heavy atom. The second-order valence-corrected chi connectivity index (χ2v) is 5.97. The molecular formula is C20H24N2O2. The molecule has 2 rings (SSSR count). The quantitative estimate of drug-likeness (QED) is 0.888. The number of carbonyl (C=O) groups excluding carboxylic acids is 2. The zero-order chi connectivity index (χ0) is 17.5. The van der Waals surface area contributed by atoms with Gasteiger partial charge in [-0.05, 0) is 36.6 Å². The SMILES string of the molecule is CC(=O)N(CCNC(=O)Cc1ccccc1)c1cc(C)ccc1C. The van der Waals surface area contributed by atoms with E-state index in [1.807, 2.05) is 62.4 Å². The highest BCUT2D eigenvalue weighted by Gasteiger charge is 2.14. The Labute approximate surface area is 143 Å². The lowest BCUT2D eigenvalue weighted by Gasteiger charge is -2.23. The molecule has 2 aromatic carbocycles. The van der Waals surface area contributed by atoms with Crippen LogP contribution in [0.5, 0.6) is 0 Å². The second-order valence-electron chi connectivity index (χ2n) is 5.97. The van der Waals surface area contributed by atoms with E-state index in [-0.39, 0.29) is 11.8 Å². The molecule has 0 aliphatic carbocycles. The van der Waals surface area contributed by atoms with E-state index in [1.54, 1.807) is 11.8 Å². The molecule has 0 unspecified atom stereocenters. The third kappa shape index (κ3) is 4.95. The molecule has 0 heterocycles. The van der Waals surface area contributed by atoms with Crippen LogP contribution in [0.25, 0.3) is 0 Å². The van der Waals surface area contributed by atoms with Gasteiger partial charge in [0.1, 0.15) is 0 Å². The summed E-state index contributed by atoms with van der Waals surface area (Å²) in [6.07, 6.45) is 0.352. The molecule has 0 saturated carbocycles. The number of hydrogen-bond acceptors (Lipinski definition) is 2. The summed E-state index contributed by atoms with van der Waals surface area (Å²) in [5.74, 6) is -0.0633. The van der Waals surface area contributed by atoms with Crippen LogP contribution >= 0.6 is 0 Å². The fourth-order valence-electron chi connectivity index (χ4n) is 2.61. The molecule has 0 radical (unpaired) electrons. The number of rotatable bonds is 6. The van der Waals surface area contributed by atoms with E-state index in [2.05, 4.69) is 5.32 Å². The molecule has 4 nitrogen and oxygen atoms in total. The third-order valence-electron chi connectivity index (χ3n) is 3.90. The summed E-state index contributed by atoms with van der Waals surface area (Å²) in [5.41, 5.74) is 4.04. The second kappa shape index (κ2) is 8.29. The maximum atomic E-state index is 12.0. The number of nitrogens with zero attached hydrogens (tertiary/aromatic N) is 1. The van der Waals surface area contributed by atoms with E-state index in [0.29, 0.717) is 19.5 Å². The van der Waals surface area contributed by atoms with Gasteiger partial charge in [0.05, 0.1) is 6.42 Å². The maximum Gasteiger partial charge on any atom is 0.224 e. The summed E-state index contributed by atoms with van der Waals surface area (Å²) in [5, 5.41) is 2.89. The van der Waals surface area contributed by atoms with Crippen molar-refractivity contribution in [2.24, 2.45) is 0 Å². The Hall–Kier alpha value is -2.62. The van der Waals surface area contributed by atoms with Crippen LogP contribution < -0.4 is 10.2 Å². The summed E-state index contributed by atoms with van der Waals surface area (Å²) in [4.78, 5) is 25.7. The van der Waals surface area contributed by atoms with Crippen LogP contribution in [-0.2, 0) is 16.0 Å². The third-order valence-corrected chi connectivity index (χ3v) is 3.90. The fourth-order valence-corrected chi connectivity index (χ4v) is 2.61. The molecule has 0 atom stereocenters. The number of amides is 2. The molecular weight excluding hydrogens is 300 g/mol. The highest BCUT2D eigenvalue weighted by molar-refractivity contribution is 5.92. The van der Waals surface area contributed by atoms with Gasteiger partial charge in [0.2, 0.25) is 11.8 Å². The molecule has 0 saturated heterocycles. The summed E-state index contributed by atoms with van der Waals surface area (Å²) in [6.45, 7) is 6.42. The molecule has 24 heavy (non-hydrogen) atoms. The Kier molecular flexibility index (Phi) is 6.13. The standard InChI is InChI=1S/C20H24N2O2/c1-15-9-10-16(2)19(13-15)22(17(3)23)12-11-21-20(24)14-18-7-5-4-6-8-18/h4-10,13H,11-12,14H2,1-3H3,(H,21,24). The van der Waals surface area contributed by atoms with Crippen LogP contribution in [0.3, 0.4) is 0 Å². The van der Waals surface area contributed by atoms with Crippen LogP contribution in [0.15, 0.2) is 48.5 Å². The normalized spacial score (nSPS) is 10.3. The summed E-state index contributed by atoms with van der Waals surface area (Å²) in [6, 6.07) is 15.7. The van der Waals surface area contributed by atoms with Gasteiger partial charge >= 0.3 is 0 Å². The van der Waals surface area contributed by atoms with Crippen molar-refractivity contribution in [1.29, 1.82) is 0 Å². The van der Waals surface area contributed by atoms with Gasteiger partial charge in [0.25, 0.3) is 0 Å². The smallest absolute Gasteiger partial charge is 0.224 e. The van der Waals surface area contributed by atoms with Crippen LogP contribution in [0.2, 0.25) is 0 Å². The minimum atomic E-state index is -0.0364. The number of anilines is 1. The topological polar surface area (TPSA) is 49.4 Å². The van der Waals surface area contributed by atoms with Crippen molar-refractivity contribution >= 4 is 17.5 Å². The molecule has 2 amide bonds. The molecule has 126 valence electrons. The number of nitrogens with one attached hydrogen (secondary N) is 1. The molecule has 2 aromatic rings. The lowest BCUT2D eigenvalue weighted by molar-refractivity contribution is -0.121. The van der Waals surface area contributed by atoms with Crippen molar-refractivity contribution in [2.45, 2.75) is 27.2 Å². The van der Waals surface area contributed by atoms with E-state index in [0.717, 1.165) is 22.4 Å². The molecule has 0 aliphatic heterocycles. The minimum absolute atomic E-state index is 0.0268. The van der Waals surface area contributed by atoms with Crippen LogP contribution in [0.1, 0.15) is 23.6 Å². The fraction of sp³-hybridized carbons (Fsp3) is 0.300. The van der Waals surface area contributed by atoms with E-state index in [4.69, 9.17) is 0 Å². The lowest BCUT2D eigenvalue weighted by Crippen LogP contribution is -2.38. The zero-order valence-electron chi connectivity index (χ0n) is 14.5. The Balaban J connectivity index is 1.93. The van der Waals surface area contributed by atoms with Crippen molar-refractivity contribution in [3.63, 3.8) is 0 Å². The van der Waals surface area contributed by atoms with Gasteiger partial charge in [0, 0.05) is 25.7 Å². The van der Waals surface area contributed by atoms with Crippen molar-refractivity contribution in [3.8, 4) is 0 Å². The van der Waals surface area contributed by atoms with Crippen LogP contribution in [0.4, 0.5) is 5.69 Å². The predicted molar refractivity (Wildman–Crippen MR) is 97.1 cm³/mol. The van der Waals surface area contributed by atoms with Crippen molar-refractivity contribution in [2.75, 3.05) is 18.0 Å². The number of aryl methyl sites for hydroxylation is 2. The molecule has 1 N–H and O–H groups in total. The van der Waals surface area contributed by atoms with E-state index in [1.165, 1.54) is 0 Å². The highest BCUT2D eigenvalue weighted by atomic mass is 16.2. The van der Waals surface area contributed by atoms with E-state index in [9.17, 15) is 9.59 Å². The van der Waals surface area contributed by atoms with Gasteiger partial charge < -0.3 is 10.2 Å². The molecule has 0 aliphatic rings. The zero-order valence-corrected chi connectivity index (χ0v) is 14.5. The average molecular weight is 324 g/mol. The Morgan fingerprint density at radius 3 is 2.42 bits per heavy atom. The molecule has 0 bridgehead atoms. The van der Waals surface area contributed by atoms with Gasteiger partial charge in [-0.2, -0.15) is 0 Å². The number of benzene rings is 2. The molecule has 0 aromatic heterocycles. The van der Waals surface area contributed by atoms with Crippen molar-refractivity contribution in [3.05, 3.63) is 65.2 Å². The average Bonchev–Trinajstić information content (AvgIpc) is 2.55. The van der Waals surface area contributed by atoms with Gasteiger partial charge in [-0.1, -0.05) is 42.5 Å². The summed E-state index contributed by atoms with van der Waals surface area (Å²) in [7, 11) is 0. The maximum absolute atomic E-state index is 12.0. The Bertz CT molecular complexity index is 711. The minimum Gasteiger partial charge on any atom is -0.354 e. The summed E-state index contributed by atoms with van der Waals surface area (Å²) < 4.78 is 0. The van der Waals surface area contributed by atoms with Crippen LogP contribution in [0, 0.1) is 13.8 Å². The first-order valence-corrected chi connectivity index (χ1v) is 8.13. The van der Waals surface area contributed by atoms with Gasteiger partial charge in [-0.3, -0.25) is 9.59 Å². The van der Waals surface area contributed by atoms with E-state index < -0.39 is 0 Å². The summed E-state index contributed by atoms with van der Waals surface area (Å²) >= 11 is 0.